The molecular formula is C13H22N2O3S. The maximum atomic E-state index is 12.0. The first kappa shape index (κ1) is 13.4. The molecule has 0 aromatic heterocycles. The number of rotatable bonds is 3. The topological polar surface area (TPSA) is 66.5 Å². The first-order valence-electron chi connectivity index (χ1n) is 7.32. The minimum absolute atomic E-state index is 0.0685. The lowest BCUT2D eigenvalue weighted by Crippen LogP contribution is -2.46. The van der Waals surface area contributed by atoms with Gasteiger partial charge in [0.15, 0.2) is 9.84 Å². The molecule has 108 valence electrons. The van der Waals surface area contributed by atoms with Gasteiger partial charge in [0.2, 0.25) is 5.91 Å². The summed E-state index contributed by atoms with van der Waals surface area (Å²) in [6.07, 6.45) is 6.29. The van der Waals surface area contributed by atoms with Gasteiger partial charge >= 0.3 is 0 Å². The van der Waals surface area contributed by atoms with E-state index in [9.17, 15) is 13.2 Å². The summed E-state index contributed by atoms with van der Waals surface area (Å²) in [5.41, 5.74) is 0. The average Bonchev–Trinajstić information content (AvgIpc) is 3.03. The molecule has 0 bridgehead atoms. The van der Waals surface area contributed by atoms with Gasteiger partial charge in [0, 0.05) is 6.54 Å². The van der Waals surface area contributed by atoms with E-state index in [1.54, 1.807) is 0 Å². The monoisotopic (exact) mass is 286 g/mol. The summed E-state index contributed by atoms with van der Waals surface area (Å²) in [5, 5.41) is 2.95. The van der Waals surface area contributed by atoms with Crippen molar-refractivity contribution in [3.63, 3.8) is 0 Å². The molecule has 2 unspecified atom stereocenters. The van der Waals surface area contributed by atoms with E-state index in [0.717, 1.165) is 19.3 Å². The Balaban J connectivity index is 1.72. The predicted molar refractivity (Wildman–Crippen MR) is 72.3 cm³/mol. The van der Waals surface area contributed by atoms with Crippen LogP contribution in [0.4, 0.5) is 0 Å². The molecular weight excluding hydrogens is 264 g/mol. The summed E-state index contributed by atoms with van der Waals surface area (Å²) < 4.78 is 23.9. The molecule has 3 aliphatic rings. The molecule has 1 aliphatic carbocycles. The van der Waals surface area contributed by atoms with Gasteiger partial charge in [-0.25, -0.2) is 8.42 Å². The first-order chi connectivity index (χ1) is 9.08. The van der Waals surface area contributed by atoms with Crippen LogP contribution < -0.4 is 5.32 Å². The second kappa shape index (κ2) is 5.05. The van der Waals surface area contributed by atoms with Crippen LogP contribution in [-0.2, 0) is 14.6 Å². The molecule has 2 aliphatic heterocycles. The van der Waals surface area contributed by atoms with Crippen LogP contribution in [0.25, 0.3) is 0 Å². The molecule has 0 aromatic rings. The quantitative estimate of drug-likeness (QED) is 0.821. The normalized spacial score (nSPS) is 35.4. The minimum Gasteiger partial charge on any atom is -0.324 e. The van der Waals surface area contributed by atoms with Crippen molar-refractivity contribution in [3.05, 3.63) is 0 Å². The second-order valence-corrected chi connectivity index (χ2v) is 8.45. The van der Waals surface area contributed by atoms with Crippen molar-refractivity contribution in [1.82, 2.24) is 10.2 Å². The fourth-order valence-corrected chi connectivity index (χ4v) is 5.57. The van der Waals surface area contributed by atoms with Gasteiger partial charge in [-0.3, -0.25) is 10.1 Å². The summed E-state index contributed by atoms with van der Waals surface area (Å²) in [5.74, 6) is 0.871. The predicted octanol–water partition coefficient (Wildman–Crippen LogP) is 0.512. The van der Waals surface area contributed by atoms with Crippen LogP contribution in [0.15, 0.2) is 0 Å². The molecule has 1 N–H and O–H groups in total. The summed E-state index contributed by atoms with van der Waals surface area (Å²) in [4.78, 5) is 13.8. The standard InChI is InChI=1S/C13H22N2O3S/c16-12-8-14-13(10-4-1-2-5-10)15(12)9-11-6-3-7-19(11,17)18/h10-11,13-14H,1-9H2. The molecule has 0 aromatic carbocycles. The van der Waals surface area contributed by atoms with Gasteiger partial charge in [-0.2, -0.15) is 0 Å². The molecule has 2 heterocycles. The van der Waals surface area contributed by atoms with Crippen LogP contribution in [0.3, 0.4) is 0 Å². The van der Waals surface area contributed by atoms with Crippen LogP contribution in [-0.4, -0.2) is 49.5 Å². The van der Waals surface area contributed by atoms with E-state index in [4.69, 9.17) is 0 Å². The molecule has 3 rings (SSSR count). The van der Waals surface area contributed by atoms with E-state index < -0.39 is 9.84 Å². The van der Waals surface area contributed by atoms with E-state index in [0.29, 0.717) is 31.2 Å². The van der Waals surface area contributed by atoms with Gasteiger partial charge in [0.05, 0.1) is 23.7 Å². The average molecular weight is 286 g/mol. The van der Waals surface area contributed by atoms with Gasteiger partial charge < -0.3 is 4.90 Å². The van der Waals surface area contributed by atoms with E-state index in [2.05, 4.69) is 5.32 Å². The van der Waals surface area contributed by atoms with Crippen LogP contribution in [0.5, 0.6) is 0 Å². The van der Waals surface area contributed by atoms with Gasteiger partial charge in [-0.1, -0.05) is 12.8 Å². The highest BCUT2D eigenvalue weighted by Gasteiger charge is 2.41. The van der Waals surface area contributed by atoms with Gasteiger partial charge in [0.1, 0.15) is 0 Å². The number of carbonyl (C=O) groups is 1. The Morgan fingerprint density at radius 1 is 1.16 bits per heavy atom. The lowest BCUT2D eigenvalue weighted by atomic mass is 10.0. The number of nitrogens with zero attached hydrogens (tertiary/aromatic N) is 1. The summed E-state index contributed by atoms with van der Waals surface area (Å²) in [7, 11) is -2.97. The van der Waals surface area contributed by atoms with Crippen molar-refractivity contribution >= 4 is 15.7 Å². The second-order valence-electron chi connectivity index (χ2n) is 6.05. The lowest BCUT2D eigenvalue weighted by Gasteiger charge is -2.30. The smallest absolute Gasteiger partial charge is 0.237 e. The molecule has 2 atom stereocenters. The molecule has 2 saturated heterocycles. The van der Waals surface area contributed by atoms with Crippen LogP contribution in [0.2, 0.25) is 0 Å². The maximum absolute atomic E-state index is 12.0. The Labute approximate surface area is 114 Å². The molecule has 1 saturated carbocycles. The molecule has 19 heavy (non-hydrogen) atoms. The highest BCUT2D eigenvalue weighted by molar-refractivity contribution is 7.92. The van der Waals surface area contributed by atoms with Crippen molar-refractivity contribution in [2.24, 2.45) is 5.92 Å². The third-order valence-corrected chi connectivity index (χ3v) is 7.09. The summed E-state index contributed by atoms with van der Waals surface area (Å²) >= 11 is 0. The molecule has 3 fully saturated rings. The van der Waals surface area contributed by atoms with Crippen LogP contribution in [0.1, 0.15) is 38.5 Å². The van der Waals surface area contributed by atoms with Crippen molar-refractivity contribution in [1.29, 1.82) is 0 Å². The highest BCUT2D eigenvalue weighted by atomic mass is 32.2. The van der Waals surface area contributed by atoms with Gasteiger partial charge in [-0.05, 0) is 31.6 Å². The number of carbonyl (C=O) groups excluding carboxylic acids is 1. The Kier molecular flexibility index (Phi) is 3.55. The van der Waals surface area contributed by atoms with Crippen LogP contribution >= 0.6 is 0 Å². The number of sulfone groups is 1. The fraction of sp³-hybridized carbons (Fsp3) is 0.923. The lowest BCUT2D eigenvalue weighted by molar-refractivity contribution is -0.128. The van der Waals surface area contributed by atoms with Gasteiger partial charge in [-0.15, -0.1) is 0 Å². The zero-order chi connectivity index (χ0) is 13.5. The largest absolute Gasteiger partial charge is 0.324 e. The van der Waals surface area contributed by atoms with Crippen molar-refractivity contribution in [3.8, 4) is 0 Å². The third kappa shape index (κ3) is 2.52. The van der Waals surface area contributed by atoms with Crippen molar-refractivity contribution < 1.29 is 13.2 Å². The van der Waals surface area contributed by atoms with Crippen molar-refractivity contribution in [2.45, 2.75) is 49.9 Å². The van der Waals surface area contributed by atoms with E-state index in [-0.39, 0.29) is 17.3 Å². The van der Waals surface area contributed by atoms with E-state index in [1.165, 1.54) is 12.8 Å². The molecule has 5 nitrogen and oxygen atoms in total. The maximum Gasteiger partial charge on any atom is 0.237 e. The number of hydrogen-bond donors (Lipinski definition) is 1. The zero-order valence-corrected chi connectivity index (χ0v) is 12.0. The number of nitrogens with one attached hydrogen (secondary N) is 1. The Morgan fingerprint density at radius 2 is 1.89 bits per heavy atom. The minimum atomic E-state index is -2.97. The van der Waals surface area contributed by atoms with Gasteiger partial charge in [0.25, 0.3) is 0 Å². The zero-order valence-electron chi connectivity index (χ0n) is 11.2. The van der Waals surface area contributed by atoms with E-state index in [1.807, 2.05) is 4.90 Å². The van der Waals surface area contributed by atoms with Crippen molar-refractivity contribution in [2.75, 3.05) is 18.8 Å². The Hall–Kier alpha value is -0.620. The Morgan fingerprint density at radius 3 is 2.53 bits per heavy atom. The Bertz CT molecular complexity index is 457. The van der Waals surface area contributed by atoms with Crippen LogP contribution in [0, 0.1) is 5.92 Å². The summed E-state index contributed by atoms with van der Waals surface area (Å²) in [6.45, 7) is 0.767. The van der Waals surface area contributed by atoms with E-state index >= 15 is 0 Å². The fourth-order valence-electron chi connectivity index (χ4n) is 3.75. The molecule has 1 amide bonds. The molecule has 0 spiro atoms. The third-order valence-electron chi connectivity index (χ3n) is 4.83. The SMILES string of the molecule is O=C1CNC(C2CCCC2)N1CC1CCCS1(=O)=O. The number of hydrogen-bond acceptors (Lipinski definition) is 4. The number of amides is 1. The highest BCUT2D eigenvalue weighted by Crippen LogP contribution is 2.32. The molecule has 0 radical (unpaired) electrons. The summed E-state index contributed by atoms with van der Waals surface area (Å²) in [6, 6.07) is 0. The first-order valence-corrected chi connectivity index (χ1v) is 9.04. The molecule has 6 heteroatoms.